The third kappa shape index (κ3) is 6.09. The largest absolute Gasteiger partial charge is 0.338 e. The molecule has 0 aromatic heterocycles. The first-order valence-corrected chi connectivity index (χ1v) is 7.75. The van der Waals surface area contributed by atoms with Gasteiger partial charge in [0.25, 0.3) is 0 Å². The standard InChI is InChI=1S/C17H28N2O/c1-4-6-14-19(13-5-2)17(20)18-12-11-16-9-7-15(3)8-10-16/h7-10H,4-6,11-14H2,1-3H3,(H,18,20). The first-order chi connectivity index (χ1) is 9.67. The third-order valence-corrected chi connectivity index (χ3v) is 3.37. The Morgan fingerprint density at radius 1 is 1.10 bits per heavy atom. The average Bonchev–Trinajstić information content (AvgIpc) is 2.45. The van der Waals surface area contributed by atoms with E-state index in [0.29, 0.717) is 6.54 Å². The van der Waals surface area contributed by atoms with E-state index in [4.69, 9.17) is 0 Å². The fourth-order valence-corrected chi connectivity index (χ4v) is 2.11. The monoisotopic (exact) mass is 276 g/mol. The summed E-state index contributed by atoms with van der Waals surface area (Å²) in [5.41, 5.74) is 2.54. The fourth-order valence-electron chi connectivity index (χ4n) is 2.11. The van der Waals surface area contributed by atoms with E-state index >= 15 is 0 Å². The van der Waals surface area contributed by atoms with Gasteiger partial charge in [0.2, 0.25) is 0 Å². The number of hydrogen-bond donors (Lipinski definition) is 1. The Kier molecular flexibility index (Phi) is 7.78. The van der Waals surface area contributed by atoms with E-state index in [1.807, 2.05) is 4.90 Å². The lowest BCUT2D eigenvalue weighted by Gasteiger charge is -2.22. The van der Waals surface area contributed by atoms with Gasteiger partial charge in [-0.25, -0.2) is 4.79 Å². The maximum atomic E-state index is 12.1. The van der Waals surface area contributed by atoms with Crippen molar-refractivity contribution in [2.45, 2.75) is 46.5 Å². The highest BCUT2D eigenvalue weighted by atomic mass is 16.2. The molecular formula is C17H28N2O. The van der Waals surface area contributed by atoms with Gasteiger partial charge < -0.3 is 10.2 Å². The molecule has 2 amide bonds. The van der Waals surface area contributed by atoms with Crippen LogP contribution >= 0.6 is 0 Å². The number of carbonyl (C=O) groups excluding carboxylic acids is 1. The summed E-state index contributed by atoms with van der Waals surface area (Å²) < 4.78 is 0. The molecule has 1 N–H and O–H groups in total. The Hall–Kier alpha value is -1.51. The van der Waals surface area contributed by atoms with Crippen LogP contribution in [0.5, 0.6) is 0 Å². The summed E-state index contributed by atoms with van der Waals surface area (Å²) in [6.45, 7) is 8.76. The lowest BCUT2D eigenvalue weighted by Crippen LogP contribution is -2.41. The zero-order chi connectivity index (χ0) is 14.8. The topological polar surface area (TPSA) is 32.3 Å². The van der Waals surface area contributed by atoms with Gasteiger partial charge in [-0.05, 0) is 31.7 Å². The van der Waals surface area contributed by atoms with Crippen LogP contribution in [0.4, 0.5) is 4.79 Å². The molecular weight excluding hydrogens is 248 g/mol. The van der Waals surface area contributed by atoms with Crippen molar-refractivity contribution in [3.8, 4) is 0 Å². The molecule has 0 aliphatic rings. The molecule has 0 heterocycles. The summed E-state index contributed by atoms with van der Waals surface area (Å²) in [6.07, 6.45) is 4.09. The summed E-state index contributed by atoms with van der Waals surface area (Å²) >= 11 is 0. The molecule has 0 aliphatic carbocycles. The van der Waals surface area contributed by atoms with Crippen LogP contribution < -0.4 is 5.32 Å². The molecule has 20 heavy (non-hydrogen) atoms. The fraction of sp³-hybridized carbons (Fsp3) is 0.588. The van der Waals surface area contributed by atoms with Crippen molar-refractivity contribution in [1.82, 2.24) is 10.2 Å². The highest BCUT2D eigenvalue weighted by Gasteiger charge is 2.10. The number of benzene rings is 1. The molecule has 3 heteroatoms. The molecule has 1 rings (SSSR count). The van der Waals surface area contributed by atoms with Gasteiger partial charge in [-0.1, -0.05) is 50.1 Å². The predicted octanol–water partition coefficient (Wildman–Crippen LogP) is 3.76. The van der Waals surface area contributed by atoms with Crippen molar-refractivity contribution >= 4 is 6.03 Å². The van der Waals surface area contributed by atoms with E-state index < -0.39 is 0 Å². The minimum absolute atomic E-state index is 0.0763. The Morgan fingerprint density at radius 3 is 2.40 bits per heavy atom. The van der Waals surface area contributed by atoms with Gasteiger partial charge in [0.15, 0.2) is 0 Å². The quantitative estimate of drug-likeness (QED) is 0.770. The maximum Gasteiger partial charge on any atom is 0.317 e. The second-order valence-electron chi connectivity index (χ2n) is 5.31. The molecule has 3 nitrogen and oxygen atoms in total. The first kappa shape index (κ1) is 16.5. The van der Waals surface area contributed by atoms with Crippen molar-refractivity contribution in [3.63, 3.8) is 0 Å². The van der Waals surface area contributed by atoms with Crippen molar-refractivity contribution < 1.29 is 4.79 Å². The Bertz CT molecular complexity index is 386. The molecule has 0 saturated heterocycles. The number of amides is 2. The smallest absolute Gasteiger partial charge is 0.317 e. The van der Waals surface area contributed by atoms with Gasteiger partial charge in [-0.2, -0.15) is 0 Å². The first-order valence-electron chi connectivity index (χ1n) is 7.75. The highest BCUT2D eigenvalue weighted by Crippen LogP contribution is 2.03. The second kappa shape index (κ2) is 9.40. The van der Waals surface area contributed by atoms with Gasteiger partial charge in [-0.3, -0.25) is 0 Å². The van der Waals surface area contributed by atoms with Crippen molar-refractivity contribution in [2.75, 3.05) is 19.6 Å². The van der Waals surface area contributed by atoms with Crippen LogP contribution in [0.15, 0.2) is 24.3 Å². The molecule has 1 aromatic carbocycles. The lowest BCUT2D eigenvalue weighted by molar-refractivity contribution is 0.197. The minimum atomic E-state index is 0.0763. The minimum Gasteiger partial charge on any atom is -0.338 e. The Morgan fingerprint density at radius 2 is 1.80 bits per heavy atom. The SMILES string of the molecule is CCCCN(CCC)C(=O)NCCc1ccc(C)cc1. The zero-order valence-electron chi connectivity index (χ0n) is 13.1. The van der Waals surface area contributed by atoms with Gasteiger partial charge in [-0.15, -0.1) is 0 Å². The number of hydrogen-bond acceptors (Lipinski definition) is 1. The lowest BCUT2D eigenvalue weighted by atomic mass is 10.1. The van der Waals surface area contributed by atoms with Gasteiger partial charge in [0.1, 0.15) is 0 Å². The third-order valence-electron chi connectivity index (χ3n) is 3.37. The average molecular weight is 276 g/mol. The van der Waals surface area contributed by atoms with E-state index in [1.54, 1.807) is 0 Å². The van der Waals surface area contributed by atoms with Crippen LogP contribution in [0, 0.1) is 6.92 Å². The Balaban J connectivity index is 2.34. The number of urea groups is 1. The summed E-state index contributed by atoms with van der Waals surface area (Å²) in [4.78, 5) is 14.0. The van der Waals surface area contributed by atoms with Crippen LogP contribution in [0.3, 0.4) is 0 Å². The molecule has 0 unspecified atom stereocenters. The maximum absolute atomic E-state index is 12.1. The van der Waals surface area contributed by atoms with E-state index in [9.17, 15) is 4.79 Å². The molecule has 0 bridgehead atoms. The molecule has 1 aromatic rings. The Labute approximate surface area is 123 Å². The van der Waals surface area contributed by atoms with Crippen molar-refractivity contribution in [1.29, 1.82) is 0 Å². The van der Waals surface area contributed by atoms with E-state index in [1.165, 1.54) is 11.1 Å². The van der Waals surface area contributed by atoms with Crippen LogP contribution in [0.2, 0.25) is 0 Å². The van der Waals surface area contributed by atoms with Crippen LogP contribution in [-0.2, 0) is 6.42 Å². The molecule has 112 valence electrons. The van der Waals surface area contributed by atoms with Gasteiger partial charge >= 0.3 is 6.03 Å². The van der Waals surface area contributed by atoms with Crippen LogP contribution in [0.1, 0.15) is 44.2 Å². The van der Waals surface area contributed by atoms with Crippen LogP contribution in [-0.4, -0.2) is 30.6 Å². The number of rotatable bonds is 8. The highest BCUT2D eigenvalue weighted by molar-refractivity contribution is 5.74. The summed E-state index contributed by atoms with van der Waals surface area (Å²) in [5, 5.41) is 3.03. The zero-order valence-corrected chi connectivity index (χ0v) is 13.1. The van der Waals surface area contributed by atoms with E-state index in [0.717, 1.165) is 38.8 Å². The number of nitrogens with zero attached hydrogens (tertiary/aromatic N) is 1. The summed E-state index contributed by atoms with van der Waals surface area (Å²) in [5.74, 6) is 0. The number of unbranched alkanes of at least 4 members (excludes halogenated alkanes) is 1. The second-order valence-corrected chi connectivity index (χ2v) is 5.31. The summed E-state index contributed by atoms with van der Waals surface area (Å²) in [6, 6.07) is 8.56. The van der Waals surface area contributed by atoms with Crippen molar-refractivity contribution in [3.05, 3.63) is 35.4 Å². The molecule has 0 saturated carbocycles. The van der Waals surface area contributed by atoms with Gasteiger partial charge in [0, 0.05) is 19.6 Å². The van der Waals surface area contributed by atoms with Crippen LogP contribution in [0.25, 0.3) is 0 Å². The van der Waals surface area contributed by atoms with Gasteiger partial charge in [0.05, 0.1) is 0 Å². The molecule has 0 atom stereocenters. The predicted molar refractivity (Wildman–Crippen MR) is 85.1 cm³/mol. The van der Waals surface area contributed by atoms with E-state index in [2.05, 4.69) is 50.4 Å². The molecule has 0 fully saturated rings. The van der Waals surface area contributed by atoms with Crippen molar-refractivity contribution in [2.24, 2.45) is 0 Å². The number of carbonyl (C=O) groups is 1. The van der Waals surface area contributed by atoms with E-state index in [-0.39, 0.29) is 6.03 Å². The normalized spacial score (nSPS) is 10.3. The molecule has 0 aliphatic heterocycles. The molecule has 0 spiro atoms. The molecule has 0 radical (unpaired) electrons. The number of nitrogens with one attached hydrogen (secondary N) is 1. The summed E-state index contributed by atoms with van der Waals surface area (Å²) in [7, 11) is 0. The number of aryl methyl sites for hydroxylation is 1.